The van der Waals surface area contributed by atoms with Crippen molar-refractivity contribution in [3.8, 4) is 17.2 Å². The molecule has 1 aliphatic carbocycles. The lowest BCUT2D eigenvalue weighted by Crippen LogP contribution is -2.29. The smallest absolute Gasteiger partial charge is 0.262 e. The summed E-state index contributed by atoms with van der Waals surface area (Å²) in [6.45, 7) is 5.30. The van der Waals surface area contributed by atoms with Crippen molar-refractivity contribution < 1.29 is 19.7 Å². The summed E-state index contributed by atoms with van der Waals surface area (Å²) >= 11 is 0. The van der Waals surface area contributed by atoms with Crippen molar-refractivity contribution in [3.63, 3.8) is 0 Å². The van der Waals surface area contributed by atoms with Crippen LogP contribution in [0.1, 0.15) is 54.9 Å². The van der Waals surface area contributed by atoms with Crippen LogP contribution in [0.2, 0.25) is 0 Å². The van der Waals surface area contributed by atoms with E-state index in [1.165, 1.54) is 25.3 Å². The lowest BCUT2D eigenvalue weighted by atomic mass is 9.90. The number of phenols is 2. The zero-order valence-electron chi connectivity index (χ0n) is 15.0. The summed E-state index contributed by atoms with van der Waals surface area (Å²) in [5, 5.41) is 20.4. The minimum atomic E-state index is -0.257. The maximum Gasteiger partial charge on any atom is 0.262 e. The van der Waals surface area contributed by atoms with Gasteiger partial charge in [-0.2, -0.15) is 0 Å². The van der Waals surface area contributed by atoms with E-state index in [1.54, 1.807) is 11.8 Å². The molecule has 0 saturated heterocycles. The number of amides is 1. The second kappa shape index (κ2) is 7.38. The van der Waals surface area contributed by atoms with Crippen molar-refractivity contribution in [1.29, 1.82) is 0 Å². The first-order valence-corrected chi connectivity index (χ1v) is 9.10. The highest BCUT2D eigenvalue weighted by atomic mass is 16.5. The van der Waals surface area contributed by atoms with Gasteiger partial charge in [0.2, 0.25) is 0 Å². The normalized spacial score (nSPS) is 18.3. The number of hydrogen-bond acceptors (Lipinski definition) is 4. The molecule has 0 atom stereocenters. The molecule has 0 unspecified atom stereocenters. The molecule has 2 N–H and O–H groups in total. The van der Waals surface area contributed by atoms with E-state index >= 15 is 0 Å². The predicted molar refractivity (Wildman–Crippen MR) is 96.2 cm³/mol. The first-order valence-electron chi connectivity index (χ1n) is 9.10. The monoisotopic (exact) mass is 345 g/mol. The van der Waals surface area contributed by atoms with Gasteiger partial charge in [-0.25, -0.2) is 0 Å². The number of aromatic hydroxyl groups is 2. The standard InChI is InChI=1S/C20H27NO4/c1-13-8-9-21(11-13)20(24)18-17(23)10-16(22)14(2)19(18)25-12-15-6-4-3-5-7-15/h8,10,15,22-23H,3-7,9,11-12H2,1-2H3. The molecule has 1 aromatic carbocycles. The molecule has 5 nitrogen and oxygen atoms in total. The minimum Gasteiger partial charge on any atom is -0.507 e. The van der Waals surface area contributed by atoms with Gasteiger partial charge in [0, 0.05) is 24.7 Å². The molecule has 5 heteroatoms. The quantitative estimate of drug-likeness (QED) is 0.815. The van der Waals surface area contributed by atoms with Gasteiger partial charge in [0.25, 0.3) is 5.91 Å². The van der Waals surface area contributed by atoms with E-state index in [4.69, 9.17) is 4.74 Å². The molecule has 0 radical (unpaired) electrons. The van der Waals surface area contributed by atoms with E-state index in [9.17, 15) is 15.0 Å². The highest BCUT2D eigenvalue weighted by Crippen LogP contribution is 2.39. The maximum atomic E-state index is 12.9. The van der Waals surface area contributed by atoms with Crippen LogP contribution in [0.5, 0.6) is 17.2 Å². The van der Waals surface area contributed by atoms with Gasteiger partial charge in [0.05, 0.1) is 6.61 Å². The van der Waals surface area contributed by atoms with E-state index in [0.29, 0.717) is 36.9 Å². The number of nitrogens with zero attached hydrogens (tertiary/aromatic N) is 1. The largest absolute Gasteiger partial charge is 0.507 e. The van der Waals surface area contributed by atoms with E-state index in [2.05, 4.69) is 0 Å². The molecule has 0 aromatic heterocycles. The van der Waals surface area contributed by atoms with Crippen LogP contribution in [0, 0.1) is 12.8 Å². The van der Waals surface area contributed by atoms with Gasteiger partial charge >= 0.3 is 0 Å². The van der Waals surface area contributed by atoms with Crippen molar-refractivity contribution in [2.45, 2.75) is 46.0 Å². The molecule has 1 amide bonds. The molecule has 3 rings (SSSR count). The van der Waals surface area contributed by atoms with Crippen molar-refractivity contribution in [1.82, 2.24) is 4.90 Å². The average molecular weight is 345 g/mol. The zero-order chi connectivity index (χ0) is 18.0. The summed E-state index contributed by atoms with van der Waals surface area (Å²) in [4.78, 5) is 14.6. The summed E-state index contributed by atoms with van der Waals surface area (Å²) in [7, 11) is 0. The van der Waals surface area contributed by atoms with Gasteiger partial charge in [0.15, 0.2) is 0 Å². The van der Waals surface area contributed by atoms with Crippen LogP contribution in [0.4, 0.5) is 0 Å². The summed E-state index contributed by atoms with van der Waals surface area (Å²) in [6.07, 6.45) is 7.95. The molecule has 1 saturated carbocycles. The van der Waals surface area contributed by atoms with E-state index in [1.807, 2.05) is 13.0 Å². The van der Waals surface area contributed by atoms with Gasteiger partial charge in [-0.3, -0.25) is 4.79 Å². The fraction of sp³-hybridized carbons (Fsp3) is 0.550. The molecular weight excluding hydrogens is 318 g/mol. The molecule has 0 spiro atoms. The Labute approximate surface area is 148 Å². The Bertz CT molecular complexity index is 689. The Balaban J connectivity index is 1.85. The van der Waals surface area contributed by atoms with Crippen LogP contribution < -0.4 is 4.74 Å². The molecule has 2 aliphatic rings. The Kier molecular flexibility index (Phi) is 5.21. The fourth-order valence-corrected chi connectivity index (χ4v) is 3.68. The molecule has 0 bridgehead atoms. The van der Waals surface area contributed by atoms with Gasteiger partial charge < -0.3 is 19.8 Å². The number of benzene rings is 1. The van der Waals surface area contributed by atoms with E-state index in [0.717, 1.165) is 18.4 Å². The second-order valence-electron chi connectivity index (χ2n) is 7.30. The van der Waals surface area contributed by atoms with Crippen LogP contribution in [0.3, 0.4) is 0 Å². The zero-order valence-corrected chi connectivity index (χ0v) is 15.0. The SMILES string of the molecule is CC1=CCN(C(=O)c2c(O)cc(O)c(C)c2OCC2CCCCC2)C1. The van der Waals surface area contributed by atoms with Gasteiger partial charge in [0.1, 0.15) is 22.8 Å². The minimum absolute atomic E-state index is 0.0524. The predicted octanol–water partition coefficient (Wildman–Crippen LogP) is 3.77. The highest BCUT2D eigenvalue weighted by Gasteiger charge is 2.28. The molecule has 25 heavy (non-hydrogen) atoms. The lowest BCUT2D eigenvalue weighted by Gasteiger charge is -2.25. The van der Waals surface area contributed by atoms with Gasteiger partial charge in [-0.05, 0) is 32.6 Å². The number of phenolic OH excluding ortho intramolecular Hbond substituents is 2. The highest BCUT2D eigenvalue weighted by molar-refractivity contribution is 6.01. The molecule has 136 valence electrons. The van der Waals surface area contributed by atoms with Gasteiger partial charge in [-0.15, -0.1) is 0 Å². The number of rotatable bonds is 4. The first kappa shape index (κ1) is 17.6. The Morgan fingerprint density at radius 2 is 1.92 bits per heavy atom. The molecular formula is C20H27NO4. The summed E-state index contributed by atoms with van der Waals surface area (Å²) in [6, 6.07) is 1.23. The average Bonchev–Trinajstić information content (AvgIpc) is 3.03. The molecule has 1 aromatic rings. The molecule has 1 fully saturated rings. The maximum absolute atomic E-state index is 12.9. The Morgan fingerprint density at radius 3 is 2.56 bits per heavy atom. The topological polar surface area (TPSA) is 70.0 Å². The third-order valence-electron chi connectivity index (χ3n) is 5.27. The van der Waals surface area contributed by atoms with Crippen LogP contribution in [-0.2, 0) is 0 Å². The van der Waals surface area contributed by atoms with Crippen molar-refractivity contribution in [2.75, 3.05) is 19.7 Å². The van der Waals surface area contributed by atoms with E-state index < -0.39 is 0 Å². The summed E-state index contributed by atoms with van der Waals surface area (Å²) < 4.78 is 5.99. The second-order valence-corrected chi connectivity index (χ2v) is 7.30. The van der Waals surface area contributed by atoms with Crippen molar-refractivity contribution >= 4 is 5.91 Å². The third kappa shape index (κ3) is 3.75. The number of hydrogen-bond donors (Lipinski definition) is 2. The molecule has 1 aliphatic heterocycles. The lowest BCUT2D eigenvalue weighted by molar-refractivity contribution is 0.0788. The van der Waals surface area contributed by atoms with Crippen molar-refractivity contribution in [3.05, 3.63) is 28.8 Å². The summed E-state index contributed by atoms with van der Waals surface area (Å²) in [5.74, 6) is 0.251. The Hall–Kier alpha value is -2.17. The van der Waals surface area contributed by atoms with Crippen LogP contribution in [0.25, 0.3) is 0 Å². The number of carbonyl (C=O) groups is 1. The van der Waals surface area contributed by atoms with Crippen LogP contribution in [0.15, 0.2) is 17.7 Å². The summed E-state index contributed by atoms with van der Waals surface area (Å²) in [5.41, 5.74) is 1.79. The van der Waals surface area contributed by atoms with Crippen LogP contribution in [-0.4, -0.2) is 40.7 Å². The molecule has 1 heterocycles. The number of carbonyl (C=O) groups excluding carboxylic acids is 1. The fourth-order valence-electron chi connectivity index (χ4n) is 3.68. The number of ether oxygens (including phenoxy) is 1. The van der Waals surface area contributed by atoms with Gasteiger partial charge in [-0.1, -0.05) is 30.9 Å². The third-order valence-corrected chi connectivity index (χ3v) is 5.27. The first-order chi connectivity index (χ1) is 12.0. The van der Waals surface area contributed by atoms with Crippen molar-refractivity contribution in [2.24, 2.45) is 5.92 Å². The Morgan fingerprint density at radius 1 is 1.20 bits per heavy atom. The van der Waals surface area contributed by atoms with E-state index in [-0.39, 0.29) is 23.0 Å². The van der Waals surface area contributed by atoms with Crippen LogP contribution >= 0.6 is 0 Å².